The zero-order valence-corrected chi connectivity index (χ0v) is 12.5. The minimum absolute atomic E-state index is 0. The van der Waals surface area contributed by atoms with Gasteiger partial charge in [0.1, 0.15) is 0 Å². The molecule has 0 radical (unpaired) electrons. The first-order valence-electron chi connectivity index (χ1n) is 2.63. The van der Waals surface area contributed by atoms with Crippen LogP contribution >= 0.6 is 19.2 Å². The Morgan fingerprint density at radius 3 is 1.75 bits per heavy atom. The Kier molecular flexibility index (Phi) is 22.4. The standard InChI is InChI=1S/C3H3NS.NO3.H3N.H3O4P.Zn/c1-2-5-3-4-1;2-1(3)4;;1-5(2,3)4;/h1-3H;;1H3;(H3,1,2,3,4);/q;-1;;;+2/p-1. The molecule has 0 aliphatic rings. The predicted octanol–water partition coefficient (Wildman–Crippen LogP) is -0.497. The average molecular weight is 327 g/mol. The molecule has 0 aliphatic carbocycles. The fraction of sp³-hybridized carbons (Fsp3) is 0. The zero-order valence-electron chi connectivity index (χ0n) is 7.83. The minimum atomic E-state index is -4.89. The van der Waals surface area contributed by atoms with E-state index in [-0.39, 0.29) is 25.6 Å². The first-order chi connectivity index (χ1) is 6.23. The van der Waals surface area contributed by atoms with Crippen LogP contribution in [-0.2, 0) is 24.0 Å². The van der Waals surface area contributed by atoms with Gasteiger partial charge in [0, 0.05) is 11.6 Å². The number of hydrogen-bond donors (Lipinski definition) is 3. The van der Waals surface area contributed by atoms with Crippen LogP contribution in [-0.4, -0.2) is 19.9 Å². The largest absolute Gasteiger partial charge is 2.00 e. The van der Waals surface area contributed by atoms with Crippen LogP contribution in [0, 0.1) is 15.3 Å². The van der Waals surface area contributed by atoms with E-state index < -0.39 is 12.9 Å². The number of rotatable bonds is 0. The summed E-state index contributed by atoms with van der Waals surface area (Å²) in [6.07, 6.45) is 1.77. The maximum atomic E-state index is 8.77. The van der Waals surface area contributed by atoms with Gasteiger partial charge in [-0.25, -0.2) is 0 Å². The molecule has 1 aromatic rings. The third-order valence-corrected chi connectivity index (χ3v) is 0.869. The van der Waals surface area contributed by atoms with Crippen molar-refractivity contribution < 1.29 is 43.8 Å². The molecule has 10 nitrogen and oxygen atoms in total. The molecule has 0 atom stereocenters. The summed E-state index contributed by atoms with van der Waals surface area (Å²) in [5.41, 5.74) is 1.79. The van der Waals surface area contributed by atoms with Crippen molar-refractivity contribution in [1.82, 2.24) is 11.1 Å². The summed E-state index contributed by atoms with van der Waals surface area (Å²) < 4.78 is 8.77. The third-order valence-electron chi connectivity index (χ3n) is 0.347. The van der Waals surface area contributed by atoms with Crippen LogP contribution in [0.1, 0.15) is 0 Å². The minimum Gasteiger partial charge on any atom is -0.756 e. The molecule has 0 unspecified atom stereocenters. The second-order valence-corrected chi connectivity index (χ2v) is 3.13. The Labute approximate surface area is 107 Å². The van der Waals surface area contributed by atoms with E-state index in [0.717, 1.165) is 0 Å². The number of hydrogen-bond acceptors (Lipinski definition) is 8. The summed E-state index contributed by atoms with van der Waals surface area (Å²) in [4.78, 5) is 34.9. The summed E-state index contributed by atoms with van der Waals surface area (Å²) in [6.45, 7) is 0. The van der Waals surface area contributed by atoms with Gasteiger partial charge in [0.2, 0.25) is 0 Å². The Balaban J connectivity index is -0.0000000641. The molecule has 0 aromatic carbocycles. The van der Waals surface area contributed by atoms with Crippen molar-refractivity contribution in [3.8, 4) is 0 Å². The molecule has 0 aliphatic heterocycles. The normalized spacial score (nSPS) is 7.69. The molecule has 0 amide bonds. The van der Waals surface area contributed by atoms with Gasteiger partial charge in [-0.3, -0.25) is 9.55 Å². The van der Waals surface area contributed by atoms with Gasteiger partial charge >= 0.3 is 19.5 Å². The van der Waals surface area contributed by atoms with Gasteiger partial charge in [0.25, 0.3) is 7.82 Å². The second-order valence-electron chi connectivity index (χ2n) is 1.39. The summed E-state index contributed by atoms with van der Waals surface area (Å²) in [5.74, 6) is 0. The molecule has 16 heavy (non-hydrogen) atoms. The summed E-state index contributed by atoms with van der Waals surface area (Å²) in [5, 5.41) is 16.7. The molecule has 0 saturated heterocycles. The topological polar surface area (TPSA) is 195 Å². The molecule has 0 fully saturated rings. The predicted molar refractivity (Wildman–Crippen MR) is 49.5 cm³/mol. The fourth-order valence-electron chi connectivity index (χ4n) is 0.176. The van der Waals surface area contributed by atoms with E-state index in [2.05, 4.69) is 4.98 Å². The Morgan fingerprint density at radius 2 is 1.69 bits per heavy atom. The maximum absolute atomic E-state index is 8.77. The van der Waals surface area contributed by atoms with Crippen LogP contribution in [0.3, 0.4) is 0 Å². The molecule has 0 bridgehead atoms. The Hall–Kier alpha value is -0.477. The van der Waals surface area contributed by atoms with Crippen molar-refractivity contribution in [2.45, 2.75) is 0 Å². The number of phosphoric acid groups is 1. The van der Waals surface area contributed by atoms with Crippen molar-refractivity contribution in [1.29, 1.82) is 0 Å². The quantitative estimate of drug-likeness (QED) is 0.243. The van der Waals surface area contributed by atoms with Gasteiger partial charge in [0.05, 0.1) is 10.6 Å². The Morgan fingerprint density at radius 1 is 1.38 bits per heavy atom. The van der Waals surface area contributed by atoms with Gasteiger partial charge < -0.3 is 36.2 Å². The first kappa shape index (κ1) is 24.7. The smallest absolute Gasteiger partial charge is 0.756 e. The van der Waals surface area contributed by atoms with Crippen LogP contribution < -0.4 is 11.0 Å². The van der Waals surface area contributed by atoms with Crippen LogP contribution in [0.2, 0.25) is 0 Å². The third kappa shape index (κ3) is 104. The number of aromatic nitrogens is 1. The van der Waals surface area contributed by atoms with E-state index in [4.69, 9.17) is 34.6 Å². The molecule has 0 saturated carbocycles. The first-order valence-corrected chi connectivity index (χ1v) is 5.11. The van der Waals surface area contributed by atoms with E-state index in [1.807, 2.05) is 5.38 Å². The molecule has 1 rings (SSSR count). The molecule has 13 heteroatoms. The van der Waals surface area contributed by atoms with Crippen LogP contribution in [0.15, 0.2) is 17.1 Å². The summed E-state index contributed by atoms with van der Waals surface area (Å²) in [7, 11) is -4.89. The fourth-order valence-corrected chi connectivity index (χ4v) is 0.527. The van der Waals surface area contributed by atoms with E-state index in [1.165, 1.54) is 0 Å². The molecule has 90 valence electrons. The van der Waals surface area contributed by atoms with Crippen molar-refractivity contribution in [2.75, 3.05) is 0 Å². The van der Waals surface area contributed by atoms with E-state index in [0.29, 0.717) is 0 Å². The number of nitrogens with zero attached hydrogens (tertiary/aromatic N) is 2. The average Bonchev–Trinajstić information content (AvgIpc) is 2.32. The Bertz CT molecular complexity index is 249. The van der Waals surface area contributed by atoms with Crippen LogP contribution in [0.5, 0.6) is 0 Å². The molecular weight excluding hydrogens is 318 g/mol. The van der Waals surface area contributed by atoms with Crippen molar-refractivity contribution in [3.05, 3.63) is 32.4 Å². The monoisotopic (exact) mass is 325 g/mol. The number of thiazole rings is 1. The van der Waals surface area contributed by atoms with Gasteiger partial charge in [-0.05, 0) is 0 Å². The van der Waals surface area contributed by atoms with Gasteiger partial charge in [-0.15, -0.1) is 11.3 Å². The second kappa shape index (κ2) is 14.5. The van der Waals surface area contributed by atoms with Gasteiger partial charge in [-0.1, -0.05) is 0 Å². The molecule has 1 aromatic heterocycles. The molecular formula is C3H8N3O7PSZn. The molecule has 5 N–H and O–H groups in total. The van der Waals surface area contributed by atoms with E-state index in [9.17, 15) is 0 Å². The van der Waals surface area contributed by atoms with Gasteiger partial charge in [0.15, 0.2) is 0 Å². The van der Waals surface area contributed by atoms with E-state index >= 15 is 0 Å². The zero-order chi connectivity index (χ0) is 11.6. The van der Waals surface area contributed by atoms with Gasteiger partial charge in [-0.2, -0.15) is 0 Å². The van der Waals surface area contributed by atoms with Crippen LogP contribution in [0.25, 0.3) is 0 Å². The van der Waals surface area contributed by atoms with Crippen molar-refractivity contribution in [2.24, 2.45) is 0 Å². The van der Waals surface area contributed by atoms with E-state index in [1.54, 1.807) is 23.0 Å². The molecule has 0 spiro atoms. The summed E-state index contributed by atoms with van der Waals surface area (Å²) >= 11 is 1.60. The van der Waals surface area contributed by atoms with Crippen molar-refractivity contribution in [3.63, 3.8) is 0 Å². The maximum Gasteiger partial charge on any atom is 2.00 e. The van der Waals surface area contributed by atoms with Crippen LogP contribution in [0.4, 0.5) is 0 Å². The summed E-state index contributed by atoms with van der Waals surface area (Å²) in [6, 6.07) is 0. The SMILES string of the molecule is N.O=P([O-])(O)O.O=[N+]([O-])[O-].[Zn+2].c1cscn1. The molecule has 1 heterocycles. The van der Waals surface area contributed by atoms with Crippen molar-refractivity contribution >= 4 is 19.2 Å².